The number of rotatable bonds is 2. The molecule has 0 radical (unpaired) electrons. The summed E-state index contributed by atoms with van der Waals surface area (Å²) in [5, 5.41) is 0. The van der Waals surface area contributed by atoms with Crippen molar-refractivity contribution in [2.75, 3.05) is 0 Å². The van der Waals surface area contributed by atoms with Gasteiger partial charge in [0.2, 0.25) is 0 Å². The van der Waals surface area contributed by atoms with Gasteiger partial charge in [-0.05, 0) is 20.8 Å². The van der Waals surface area contributed by atoms with E-state index in [0.717, 1.165) is 0 Å². The molecule has 0 saturated carbocycles. The van der Waals surface area contributed by atoms with Crippen molar-refractivity contribution in [3.05, 3.63) is 0 Å². The molecule has 2 nitrogen and oxygen atoms in total. The largest absolute Gasteiger partial charge is 0.462 e. The molecule has 1 unspecified atom stereocenters. The first-order valence-electron chi connectivity index (χ1n) is 2.88. The van der Waals surface area contributed by atoms with Crippen LogP contribution in [0.5, 0.6) is 0 Å². The van der Waals surface area contributed by atoms with Crippen LogP contribution in [0.3, 0.4) is 0 Å². The van der Waals surface area contributed by atoms with Crippen molar-refractivity contribution in [1.29, 1.82) is 0 Å². The zero-order valence-corrected chi connectivity index (χ0v) is 7.44. The van der Waals surface area contributed by atoms with Gasteiger partial charge >= 0.3 is 5.97 Å². The van der Waals surface area contributed by atoms with E-state index in [1.807, 2.05) is 13.8 Å². The standard InChI is InChI=1S/C6H11BrO2/c1-4(2)9-6(8)5(3)7/h4-5H,1-3H3. The summed E-state index contributed by atoms with van der Waals surface area (Å²) in [5.41, 5.74) is 0. The van der Waals surface area contributed by atoms with Crippen molar-refractivity contribution in [2.24, 2.45) is 0 Å². The molecule has 0 aliphatic heterocycles. The quantitative estimate of drug-likeness (QED) is 0.495. The van der Waals surface area contributed by atoms with Gasteiger partial charge in [0.25, 0.3) is 0 Å². The molecule has 3 heteroatoms. The van der Waals surface area contributed by atoms with Gasteiger partial charge in [-0.2, -0.15) is 0 Å². The van der Waals surface area contributed by atoms with E-state index < -0.39 is 0 Å². The smallest absolute Gasteiger partial charge is 0.319 e. The van der Waals surface area contributed by atoms with E-state index in [2.05, 4.69) is 15.9 Å². The summed E-state index contributed by atoms with van der Waals surface area (Å²) < 4.78 is 4.83. The number of hydrogen-bond acceptors (Lipinski definition) is 2. The maximum Gasteiger partial charge on any atom is 0.319 e. The van der Waals surface area contributed by atoms with Crippen molar-refractivity contribution < 1.29 is 9.53 Å². The molecule has 54 valence electrons. The highest BCUT2D eigenvalue weighted by molar-refractivity contribution is 9.10. The Morgan fingerprint density at radius 3 is 2.00 bits per heavy atom. The molecule has 0 bridgehead atoms. The average Bonchev–Trinajstić information content (AvgIpc) is 1.63. The first-order chi connectivity index (χ1) is 4.04. The molecule has 0 N–H and O–H groups in total. The van der Waals surface area contributed by atoms with Gasteiger partial charge in [-0.1, -0.05) is 15.9 Å². The Kier molecular flexibility index (Phi) is 3.86. The lowest BCUT2D eigenvalue weighted by molar-refractivity contribution is -0.146. The van der Waals surface area contributed by atoms with Crippen LogP contribution in [0.15, 0.2) is 0 Å². The normalized spacial score (nSPS) is 13.4. The Bertz CT molecular complexity index is 99.2. The third kappa shape index (κ3) is 4.45. The predicted octanol–water partition coefficient (Wildman–Crippen LogP) is 1.72. The number of hydrogen-bond donors (Lipinski definition) is 0. The molecular weight excluding hydrogens is 184 g/mol. The lowest BCUT2D eigenvalue weighted by atomic mass is 10.4. The number of ether oxygens (including phenoxy) is 1. The number of esters is 1. The minimum Gasteiger partial charge on any atom is -0.462 e. The Hall–Kier alpha value is -0.0500. The van der Waals surface area contributed by atoms with Gasteiger partial charge in [-0.15, -0.1) is 0 Å². The summed E-state index contributed by atoms with van der Waals surface area (Å²) >= 11 is 3.09. The van der Waals surface area contributed by atoms with Gasteiger partial charge in [-0.25, -0.2) is 0 Å². The van der Waals surface area contributed by atoms with Crippen LogP contribution < -0.4 is 0 Å². The van der Waals surface area contributed by atoms with Crippen LogP contribution >= 0.6 is 15.9 Å². The van der Waals surface area contributed by atoms with Crippen LogP contribution in [0.25, 0.3) is 0 Å². The Morgan fingerprint density at radius 2 is 1.89 bits per heavy atom. The number of alkyl halides is 1. The second-order valence-corrected chi connectivity index (χ2v) is 3.48. The van der Waals surface area contributed by atoms with Crippen molar-refractivity contribution in [3.8, 4) is 0 Å². The third-order valence-corrected chi connectivity index (χ3v) is 1.05. The van der Waals surface area contributed by atoms with E-state index in [0.29, 0.717) is 0 Å². The molecule has 1 atom stereocenters. The summed E-state index contributed by atoms with van der Waals surface area (Å²) in [4.78, 5) is 10.5. The summed E-state index contributed by atoms with van der Waals surface area (Å²) in [7, 11) is 0. The molecule has 0 aromatic heterocycles. The van der Waals surface area contributed by atoms with E-state index in [1.54, 1.807) is 6.92 Å². The van der Waals surface area contributed by atoms with Gasteiger partial charge in [0.15, 0.2) is 0 Å². The number of halogens is 1. The lowest BCUT2D eigenvalue weighted by Gasteiger charge is -2.08. The zero-order valence-electron chi connectivity index (χ0n) is 5.85. The average molecular weight is 195 g/mol. The van der Waals surface area contributed by atoms with E-state index in [4.69, 9.17) is 4.74 Å². The van der Waals surface area contributed by atoms with E-state index in [-0.39, 0.29) is 16.9 Å². The summed E-state index contributed by atoms with van der Waals surface area (Å²) in [5.74, 6) is -0.204. The molecule has 0 amide bonds. The van der Waals surface area contributed by atoms with Crippen molar-refractivity contribution in [2.45, 2.75) is 31.7 Å². The maximum atomic E-state index is 10.7. The third-order valence-electron chi connectivity index (χ3n) is 0.677. The first kappa shape index (κ1) is 8.95. The van der Waals surface area contributed by atoms with Gasteiger partial charge < -0.3 is 4.74 Å². The van der Waals surface area contributed by atoms with E-state index in [1.165, 1.54) is 0 Å². The fraction of sp³-hybridized carbons (Fsp3) is 0.833. The second kappa shape index (κ2) is 3.88. The molecule has 0 aromatic carbocycles. The minimum atomic E-state index is -0.204. The molecule has 0 aromatic rings. The molecule has 0 aliphatic carbocycles. The molecule has 0 spiro atoms. The Morgan fingerprint density at radius 1 is 1.44 bits per heavy atom. The molecule has 0 rings (SSSR count). The number of carbonyl (C=O) groups is 1. The first-order valence-corrected chi connectivity index (χ1v) is 3.80. The van der Waals surface area contributed by atoms with Crippen LogP contribution in [0, 0.1) is 0 Å². The fourth-order valence-electron chi connectivity index (χ4n) is 0.326. The van der Waals surface area contributed by atoms with Crippen molar-refractivity contribution in [3.63, 3.8) is 0 Å². The molecular formula is C6H11BrO2. The summed E-state index contributed by atoms with van der Waals surface area (Å²) in [6.07, 6.45) is -0.0162. The molecule has 9 heavy (non-hydrogen) atoms. The summed E-state index contributed by atoms with van der Waals surface area (Å²) in [6, 6.07) is 0. The van der Waals surface area contributed by atoms with Gasteiger partial charge in [0.05, 0.1) is 6.10 Å². The fourth-order valence-corrected chi connectivity index (χ4v) is 0.434. The van der Waals surface area contributed by atoms with E-state index in [9.17, 15) is 4.79 Å². The van der Waals surface area contributed by atoms with Gasteiger partial charge in [0, 0.05) is 0 Å². The van der Waals surface area contributed by atoms with Crippen LogP contribution in [0.2, 0.25) is 0 Å². The Balaban J connectivity index is 3.51. The second-order valence-electron chi connectivity index (χ2n) is 2.10. The predicted molar refractivity (Wildman–Crippen MR) is 39.6 cm³/mol. The topological polar surface area (TPSA) is 26.3 Å². The highest BCUT2D eigenvalue weighted by Gasteiger charge is 2.10. The van der Waals surface area contributed by atoms with Crippen molar-refractivity contribution >= 4 is 21.9 Å². The van der Waals surface area contributed by atoms with Crippen LogP contribution in [-0.4, -0.2) is 16.9 Å². The highest BCUT2D eigenvalue weighted by Crippen LogP contribution is 2.01. The SMILES string of the molecule is CC(C)OC(=O)C(C)Br. The monoisotopic (exact) mass is 194 g/mol. The molecule has 0 aliphatic rings. The summed E-state index contributed by atoms with van der Waals surface area (Å²) in [6.45, 7) is 5.39. The van der Waals surface area contributed by atoms with Crippen LogP contribution in [-0.2, 0) is 9.53 Å². The minimum absolute atomic E-state index is 0.0162. The molecule has 0 saturated heterocycles. The highest BCUT2D eigenvalue weighted by atomic mass is 79.9. The molecule has 0 fully saturated rings. The van der Waals surface area contributed by atoms with Gasteiger partial charge in [-0.3, -0.25) is 4.79 Å². The zero-order chi connectivity index (χ0) is 7.44. The maximum absolute atomic E-state index is 10.7. The lowest BCUT2D eigenvalue weighted by Crippen LogP contribution is -2.18. The van der Waals surface area contributed by atoms with Crippen molar-refractivity contribution in [1.82, 2.24) is 0 Å². The number of carbonyl (C=O) groups excluding carboxylic acids is 1. The Labute approximate surface area is 63.7 Å². The van der Waals surface area contributed by atoms with Gasteiger partial charge in [0.1, 0.15) is 4.83 Å². The molecule has 0 heterocycles. The van der Waals surface area contributed by atoms with E-state index >= 15 is 0 Å². The van der Waals surface area contributed by atoms with Crippen LogP contribution in [0.1, 0.15) is 20.8 Å². The van der Waals surface area contributed by atoms with Crippen LogP contribution in [0.4, 0.5) is 0 Å².